The van der Waals surface area contributed by atoms with Gasteiger partial charge in [0.1, 0.15) is 5.75 Å². The summed E-state index contributed by atoms with van der Waals surface area (Å²) in [6, 6.07) is 15.9. The highest BCUT2D eigenvalue weighted by molar-refractivity contribution is 5.89. The summed E-state index contributed by atoms with van der Waals surface area (Å²) < 4.78 is 11.0. The van der Waals surface area contributed by atoms with Crippen LogP contribution in [0.25, 0.3) is 0 Å². The molecule has 140 valence electrons. The predicted octanol–water partition coefficient (Wildman–Crippen LogP) is 4.11. The van der Waals surface area contributed by atoms with Crippen LogP contribution in [0.3, 0.4) is 0 Å². The summed E-state index contributed by atoms with van der Waals surface area (Å²) in [6.45, 7) is 6.11. The van der Waals surface area contributed by atoms with Crippen LogP contribution < -0.4 is 10.1 Å². The van der Waals surface area contributed by atoms with E-state index in [4.69, 9.17) is 9.15 Å². The van der Waals surface area contributed by atoms with Gasteiger partial charge in [0.05, 0.1) is 6.42 Å². The van der Waals surface area contributed by atoms with Crippen LogP contribution in [0, 0.1) is 6.92 Å². The van der Waals surface area contributed by atoms with Gasteiger partial charge in [-0.3, -0.25) is 10.1 Å². The van der Waals surface area contributed by atoms with Crippen molar-refractivity contribution in [1.29, 1.82) is 0 Å². The fourth-order valence-corrected chi connectivity index (χ4v) is 2.59. The molecule has 2 aromatic carbocycles. The van der Waals surface area contributed by atoms with Gasteiger partial charge in [-0.1, -0.05) is 61.4 Å². The topological polar surface area (TPSA) is 77.2 Å². The van der Waals surface area contributed by atoms with Gasteiger partial charge in [-0.05, 0) is 35.6 Å². The number of hydrogen-bond donors (Lipinski definition) is 1. The predicted molar refractivity (Wildman–Crippen MR) is 103 cm³/mol. The van der Waals surface area contributed by atoms with Crippen LogP contribution in [0.5, 0.6) is 5.75 Å². The second-order valence-electron chi connectivity index (χ2n) is 6.68. The summed E-state index contributed by atoms with van der Waals surface area (Å²) in [4.78, 5) is 12.0. The lowest BCUT2D eigenvalue weighted by molar-refractivity contribution is -0.118. The number of rotatable bonds is 7. The first-order chi connectivity index (χ1) is 13.0. The molecule has 0 bridgehead atoms. The number of amides is 1. The van der Waals surface area contributed by atoms with Crippen molar-refractivity contribution >= 4 is 11.9 Å². The van der Waals surface area contributed by atoms with Gasteiger partial charge in [-0.15, -0.1) is 5.10 Å². The first kappa shape index (κ1) is 18.6. The Labute approximate surface area is 158 Å². The molecule has 0 saturated carbocycles. The molecular formula is C21H23N3O3. The number of aromatic nitrogens is 2. The Balaban J connectivity index is 1.52. The second-order valence-corrected chi connectivity index (χ2v) is 6.68. The zero-order valence-corrected chi connectivity index (χ0v) is 15.7. The van der Waals surface area contributed by atoms with Crippen molar-refractivity contribution in [1.82, 2.24) is 10.2 Å². The average molecular weight is 365 g/mol. The molecule has 0 aliphatic rings. The Morgan fingerprint density at radius 1 is 1.11 bits per heavy atom. The summed E-state index contributed by atoms with van der Waals surface area (Å²) in [5, 5.41) is 10.4. The van der Waals surface area contributed by atoms with Crippen molar-refractivity contribution in [3.63, 3.8) is 0 Å². The van der Waals surface area contributed by atoms with E-state index >= 15 is 0 Å². The van der Waals surface area contributed by atoms with E-state index < -0.39 is 0 Å². The first-order valence-corrected chi connectivity index (χ1v) is 8.91. The summed E-state index contributed by atoms with van der Waals surface area (Å²) in [6.07, 6.45) is 0.515. The number of hydrogen-bond acceptors (Lipinski definition) is 5. The second kappa shape index (κ2) is 8.49. The van der Waals surface area contributed by atoms with Crippen molar-refractivity contribution < 1.29 is 13.9 Å². The smallest absolute Gasteiger partial charge is 0.322 e. The summed E-state index contributed by atoms with van der Waals surface area (Å²) in [5.41, 5.74) is 3.32. The summed E-state index contributed by atoms with van der Waals surface area (Å²) in [5.74, 6) is 1.26. The van der Waals surface area contributed by atoms with E-state index in [2.05, 4.69) is 41.5 Å². The number of ether oxygens (including phenoxy) is 1. The quantitative estimate of drug-likeness (QED) is 0.682. The zero-order chi connectivity index (χ0) is 19.2. The lowest BCUT2D eigenvalue weighted by Crippen LogP contribution is -2.20. The van der Waals surface area contributed by atoms with Gasteiger partial charge >= 0.3 is 6.01 Å². The Hall–Kier alpha value is -3.15. The molecule has 0 aliphatic heterocycles. The van der Waals surface area contributed by atoms with E-state index in [9.17, 15) is 4.79 Å². The summed E-state index contributed by atoms with van der Waals surface area (Å²) in [7, 11) is 0. The van der Waals surface area contributed by atoms with Crippen LogP contribution in [-0.4, -0.2) is 22.7 Å². The maximum absolute atomic E-state index is 12.0. The molecule has 1 heterocycles. The fraction of sp³-hybridized carbons (Fsp3) is 0.286. The number of benzene rings is 2. The van der Waals surface area contributed by atoms with Crippen molar-refractivity contribution in [3.05, 3.63) is 71.1 Å². The highest BCUT2D eigenvalue weighted by Gasteiger charge is 2.11. The molecule has 0 unspecified atom stereocenters. The Morgan fingerprint density at radius 2 is 1.85 bits per heavy atom. The normalized spacial score (nSPS) is 10.8. The SMILES string of the molecule is Cc1ccccc1OCC(=O)Nc1nnc(Cc2ccc(C(C)C)cc2)o1. The van der Waals surface area contributed by atoms with Crippen LogP contribution in [0.15, 0.2) is 52.9 Å². The van der Waals surface area contributed by atoms with Crippen molar-refractivity contribution in [3.8, 4) is 5.75 Å². The van der Waals surface area contributed by atoms with E-state index in [1.807, 2.05) is 43.3 Å². The van der Waals surface area contributed by atoms with Crippen molar-refractivity contribution in [2.75, 3.05) is 11.9 Å². The number of carbonyl (C=O) groups is 1. The minimum Gasteiger partial charge on any atom is -0.483 e. The third kappa shape index (κ3) is 5.17. The number of aryl methyl sites for hydroxylation is 1. The zero-order valence-electron chi connectivity index (χ0n) is 15.7. The molecule has 0 fully saturated rings. The molecule has 1 amide bonds. The minimum atomic E-state index is -0.352. The number of carbonyl (C=O) groups excluding carboxylic acids is 1. The molecule has 3 rings (SSSR count). The van der Waals surface area contributed by atoms with E-state index in [0.29, 0.717) is 24.0 Å². The third-order valence-corrected chi connectivity index (χ3v) is 4.17. The summed E-state index contributed by atoms with van der Waals surface area (Å²) >= 11 is 0. The largest absolute Gasteiger partial charge is 0.483 e. The van der Waals surface area contributed by atoms with Crippen molar-refractivity contribution in [2.45, 2.75) is 33.1 Å². The fourth-order valence-electron chi connectivity index (χ4n) is 2.59. The van der Waals surface area contributed by atoms with Gasteiger partial charge in [0.25, 0.3) is 5.91 Å². The average Bonchev–Trinajstić information content (AvgIpc) is 3.08. The molecule has 0 saturated heterocycles. The molecular weight excluding hydrogens is 342 g/mol. The molecule has 0 atom stereocenters. The maximum Gasteiger partial charge on any atom is 0.322 e. The monoisotopic (exact) mass is 365 g/mol. The van der Waals surface area contributed by atoms with E-state index in [1.165, 1.54) is 5.56 Å². The molecule has 6 heteroatoms. The van der Waals surface area contributed by atoms with Crippen LogP contribution in [0.2, 0.25) is 0 Å². The molecule has 6 nitrogen and oxygen atoms in total. The van der Waals surface area contributed by atoms with Crippen LogP contribution in [-0.2, 0) is 11.2 Å². The van der Waals surface area contributed by atoms with Gasteiger partial charge in [0, 0.05) is 0 Å². The number of nitrogens with zero attached hydrogens (tertiary/aromatic N) is 2. The highest BCUT2D eigenvalue weighted by atomic mass is 16.5. The van der Waals surface area contributed by atoms with E-state index in [1.54, 1.807) is 0 Å². The highest BCUT2D eigenvalue weighted by Crippen LogP contribution is 2.18. The van der Waals surface area contributed by atoms with Gasteiger partial charge < -0.3 is 9.15 Å². The molecule has 27 heavy (non-hydrogen) atoms. The molecule has 1 N–H and O–H groups in total. The molecule has 0 aliphatic carbocycles. The molecule has 1 aromatic heterocycles. The van der Waals surface area contributed by atoms with Gasteiger partial charge in [0.2, 0.25) is 5.89 Å². The number of nitrogens with one attached hydrogen (secondary N) is 1. The van der Waals surface area contributed by atoms with Crippen LogP contribution in [0.1, 0.15) is 42.3 Å². The van der Waals surface area contributed by atoms with Gasteiger partial charge in [-0.2, -0.15) is 0 Å². The van der Waals surface area contributed by atoms with Gasteiger partial charge in [0.15, 0.2) is 6.61 Å². The third-order valence-electron chi connectivity index (χ3n) is 4.17. The lowest BCUT2D eigenvalue weighted by Gasteiger charge is -2.07. The number of para-hydroxylation sites is 1. The molecule has 0 radical (unpaired) electrons. The maximum atomic E-state index is 12.0. The standard InChI is InChI=1S/C21H23N3O3/c1-14(2)17-10-8-16(9-11-17)12-20-23-24-21(27-20)22-19(25)13-26-18-7-5-4-6-15(18)3/h4-11,14H,12-13H2,1-3H3,(H,22,24,25). The Kier molecular flexibility index (Phi) is 5.86. The van der Waals surface area contributed by atoms with E-state index in [-0.39, 0.29) is 18.5 Å². The van der Waals surface area contributed by atoms with E-state index in [0.717, 1.165) is 11.1 Å². The molecule has 3 aromatic rings. The first-order valence-electron chi connectivity index (χ1n) is 8.91. The number of anilines is 1. The van der Waals surface area contributed by atoms with Gasteiger partial charge in [-0.25, -0.2) is 0 Å². The Bertz CT molecular complexity index is 901. The Morgan fingerprint density at radius 3 is 2.56 bits per heavy atom. The lowest BCUT2D eigenvalue weighted by atomic mass is 10.0. The minimum absolute atomic E-state index is 0.0715. The van der Waals surface area contributed by atoms with Crippen LogP contribution in [0.4, 0.5) is 6.01 Å². The molecule has 0 spiro atoms. The van der Waals surface area contributed by atoms with Crippen molar-refractivity contribution in [2.24, 2.45) is 0 Å². The van der Waals surface area contributed by atoms with Crippen LogP contribution >= 0.6 is 0 Å².